The predicted octanol–water partition coefficient (Wildman–Crippen LogP) is 3.67. The molecule has 0 radical (unpaired) electrons. The number of anilines is 2. The molecule has 1 aliphatic rings. The molecule has 1 fully saturated rings. The first kappa shape index (κ1) is 23.4. The summed E-state index contributed by atoms with van der Waals surface area (Å²) in [5.74, 6) is -1.40. The number of non-ortho nitro benzene ring substituents is 1. The van der Waals surface area contributed by atoms with Crippen molar-refractivity contribution in [3.8, 4) is 0 Å². The number of nitro groups is 1. The van der Waals surface area contributed by atoms with Crippen molar-refractivity contribution in [3.05, 3.63) is 62.9 Å². The number of halogens is 1. The summed E-state index contributed by atoms with van der Waals surface area (Å²) in [5.41, 5.74) is 1.16. The second kappa shape index (κ2) is 9.64. The Morgan fingerprint density at radius 3 is 2.62 bits per heavy atom. The van der Waals surface area contributed by atoms with Crippen molar-refractivity contribution in [2.75, 3.05) is 23.3 Å². The molecule has 0 unspecified atom stereocenters. The highest BCUT2D eigenvalue weighted by atomic mass is 19.1. The van der Waals surface area contributed by atoms with E-state index in [9.17, 15) is 24.1 Å². The zero-order chi connectivity index (χ0) is 24.4. The summed E-state index contributed by atoms with van der Waals surface area (Å²) >= 11 is 0. The maximum atomic E-state index is 14.7. The summed E-state index contributed by atoms with van der Waals surface area (Å²) in [6, 6.07) is 8.51. The number of hydrogen-bond acceptors (Lipinski definition) is 7. The quantitative estimate of drug-likeness (QED) is 0.411. The van der Waals surface area contributed by atoms with Crippen LogP contribution in [0.15, 0.2) is 45.6 Å². The Morgan fingerprint density at radius 2 is 1.94 bits per heavy atom. The zero-order valence-corrected chi connectivity index (χ0v) is 18.8. The number of rotatable bonds is 7. The normalized spacial score (nSPS) is 18.3. The van der Waals surface area contributed by atoms with Crippen LogP contribution in [-0.2, 0) is 16.1 Å². The Labute approximate surface area is 194 Å². The SMILES string of the molecule is C[C@H]1CN(c2ccc(NC(=O)CCCn3c(=O)oc4cc([N+](=O)[O-])ccc43)cc2F)C[C@H](C)O1. The first-order valence-electron chi connectivity index (χ1n) is 11.0. The lowest BCUT2D eigenvalue weighted by Crippen LogP contribution is -2.45. The summed E-state index contributed by atoms with van der Waals surface area (Å²) in [6.45, 7) is 5.25. The van der Waals surface area contributed by atoms with Gasteiger partial charge >= 0.3 is 5.76 Å². The van der Waals surface area contributed by atoms with Gasteiger partial charge in [0.2, 0.25) is 5.91 Å². The third-order valence-corrected chi connectivity index (χ3v) is 5.64. The van der Waals surface area contributed by atoms with Crippen molar-refractivity contribution >= 4 is 34.1 Å². The van der Waals surface area contributed by atoms with Gasteiger partial charge < -0.3 is 19.4 Å². The fourth-order valence-electron chi connectivity index (χ4n) is 4.22. The van der Waals surface area contributed by atoms with E-state index in [2.05, 4.69) is 5.32 Å². The average molecular weight is 472 g/mol. The van der Waals surface area contributed by atoms with Crippen LogP contribution in [0.2, 0.25) is 0 Å². The van der Waals surface area contributed by atoms with E-state index in [1.54, 1.807) is 12.1 Å². The van der Waals surface area contributed by atoms with Gasteiger partial charge in [-0.2, -0.15) is 0 Å². The van der Waals surface area contributed by atoms with Crippen molar-refractivity contribution in [2.45, 2.75) is 45.4 Å². The number of carbonyl (C=O) groups excluding carboxylic acids is 1. The summed E-state index contributed by atoms with van der Waals surface area (Å²) < 4.78 is 26.8. The van der Waals surface area contributed by atoms with Crippen LogP contribution in [0.5, 0.6) is 0 Å². The highest BCUT2D eigenvalue weighted by Gasteiger charge is 2.24. The second-order valence-electron chi connectivity index (χ2n) is 8.41. The molecule has 11 heteroatoms. The molecule has 180 valence electrons. The van der Waals surface area contributed by atoms with Crippen LogP contribution in [0.4, 0.5) is 21.5 Å². The number of amides is 1. The average Bonchev–Trinajstić information content (AvgIpc) is 3.07. The van der Waals surface area contributed by atoms with Gasteiger partial charge in [0, 0.05) is 37.8 Å². The minimum absolute atomic E-state index is 0.00231. The molecule has 2 heterocycles. The molecule has 0 bridgehead atoms. The van der Waals surface area contributed by atoms with Crippen molar-refractivity contribution in [1.29, 1.82) is 0 Å². The number of aromatic nitrogens is 1. The standard InChI is InChI=1S/C23H25FN4O6/c1-14-12-26(13-15(2)33-14)19-7-5-16(10-18(19)24)25-22(29)4-3-9-27-20-8-6-17(28(31)32)11-21(20)34-23(27)30/h5-8,10-11,14-15H,3-4,9,12-13H2,1-2H3,(H,25,29)/t14-,15-/m0/s1. The molecule has 10 nitrogen and oxygen atoms in total. The van der Waals surface area contributed by atoms with E-state index >= 15 is 0 Å². The largest absolute Gasteiger partial charge is 0.419 e. The van der Waals surface area contributed by atoms with Crippen LogP contribution in [0.3, 0.4) is 0 Å². The zero-order valence-electron chi connectivity index (χ0n) is 18.8. The van der Waals surface area contributed by atoms with Crippen molar-refractivity contribution in [3.63, 3.8) is 0 Å². The van der Waals surface area contributed by atoms with Gasteiger partial charge in [-0.25, -0.2) is 9.18 Å². The number of nitrogens with one attached hydrogen (secondary N) is 1. The molecule has 2 atom stereocenters. The maximum Gasteiger partial charge on any atom is 0.419 e. The molecule has 1 aromatic heterocycles. The number of hydrogen-bond donors (Lipinski definition) is 1. The Morgan fingerprint density at radius 1 is 1.21 bits per heavy atom. The highest BCUT2D eigenvalue weighted by Crippen LogP contribution is 2.26. The molecule has 1 amide bonds. The number of nitro benzene ring substituents is 1. The van der Waals surface area contributed by atoms with Crippen molar-refractivity contribution in [1.82, 2.24) is 4.57 Å². The molecule has 34 heavy (non-hydrogen) atoms. The van der Waals surface area contributed by atoms with E-state index < -0.39 is 16.5 Å². The smallest absolute Gasteiger partial charge is 0.407 e. The fourth-order valence-corrected chi connectivity index (χ4v) is 4.22. The molecule has 1 saturated heterocycles. The van der Waals surface area contributed by atoms with Crippen LogP contribution < -0.4 is 16.0 Å². The van der Waals surface area contributed by atoms with E-state index in [4.69, 9.17) is 9.15 Å². The Bertz CT molecular complexity index is 1280. The summed E-state index contributed by atoms with van der Waals surface area (Å²) in [4.78, 5) is 36.7. The van der Waals surface area contributed by atoms with E-state index in [0.717, 1.165) is 0 Å². The van der Waals surface area contributed by atoms with Gasteiger partial charge in [0.05, 0.1) is 34.4 Å². The van der Waals surface area contributed by atoms with Gasteiger partial charge in [0.1, 0.15) is 5.82 Å². The lowest BCUT2D eigenvalue weighted by Gasteiger charge is -2.37. The number of carbonyl (C=O) groups is 1. The van der Waals surface area contributed by atoms with E-state index in [0.29, 0.717) is 36.4 Å². The number of nitrogens with zero attached hydrogens (tertiary/aromatic N) is 3. The first-order chi connectivity index (χ1) is 16.2. The van der Waals surface area contributed by atoms with E-state index in [1.165, 1.54) is 28.8 Å². The number of oxazole rings is 1. The predicted molar refractivity (Wildman–Crippen MR) is 124 cm³/mol. The lowest BCUT2D eigenvalue weighted by molar-refractivity contribution is -0.384. The number of benzene rings is 2. The van der Waals surface area contributed by atoms with Crippen molar-refractivity contribution in [2.24, 2.45) is 0 Å². The second-order valence-corrected chi connectivity index (χ2v) is 8.41. The molecular weight excluding hydrogens is 447 g/mol. The lowest BCUT2D eigenvalue weighted by atomic mass is 10.1. The van der Waals surface area contributed by atoms with Crippen molar-refractivity contribution < 1.29 is 23.3 Å². The molecule has 1 aliphatic heterocycles. The summed E-state index contributed by atoms with van der Waals surface area (Å²) in [7, 11) is 0. The molecule has 2 aromatic carbocycles. The third-order valence-electron chi connectivity index (χ3n) is 5.64. The Balaban J connectivity index is 1.35. The van der Waals surface area contributed by atoms with Gasteiger partial charge in [-0.3, -0.25) is 19.5 Å². The third kappa shape index (κ3) is 5.09. The van der Waals surface area contributed by atoms with Crippen LogP contribution in [-0.4, -0.2) is 40.7 Å². The van der Waals surface area contributed by atoms with Gasteiger partial charge in [-0.15, -0.1) is 0 Å². The number of ether oxygens (including phenoxy) is 1. The number of fused-ring (bicyclic) bond motifs is 1. The first-order valence-corrected chi connectivity index (χ1v) is 11.0. The van der Waals surface area contributed by atoms with E-state index in [-0.39, 0.29) is 42.4 Å². The number of morpholine rings is 1. The van der Waals surface area contributed by atoms with Gasteiger partial charge in [-0.05, 0) is 44.5 Å². The van der Waals surface area contributed by atoms with Gasteiger partial charge in [0.25, 0.3) is 5.69 Å². The minimum Gasteiger partial charge on any atom is -0.407 e. The minimum atomic E-state index is -0.652. The summed E-state index contributed by atoms with van der Waals surface area (Å²) in [6.07, 6.45) is 0.408. The Hall–Kier alpha value is -3.73. The maximum absolute atomic E-state index is 14.7. The molecule has 0 aliphatic carbocycles. The Kier molecular flexibility index (Phi) is 6.64. The number of aryl methyl sites for hydroxylation is 1. The van der Waals surface area contributed by atoms with Crippen LogP contribution in [0.1, 0.15) is 26.7 Å². The molecule has 0 spiro atoms. The monoisotopic (exact) mass is 472 g/mol. The van der Waals surface area contributed by atoms with Crippen LogP contribution in [0, 0.1) is 15.9 Å². The molecule has 4 rings (SSSR count). The van der Waals surface area contributed by atoms with Gasteiger partial charge in [0.15, 0.2) is 5.58 Å². The fraction of sp³-hybridized carbons (Fsp3) is 0.391. The topological polar surface area (TPSA) is 120 Å². The van der Waals surface area contributed by atoms with Crippen LogP contribution >= 0.6 is 0 Å². The summed E-state index contributed by atoms with van der Waals surface area (Å²) in [5, 5.41) is 13.6. The highest BCUT2D eigenvalue weighted by molar-refractivity contribution is 5.90. The van der Waals surface area contributed by atoms with Crippen LogP contribution in [0.25, 0.3) is 11.1 Å². The van der Waals surface area contributed by atoms with E-state index in [1.807, 2.05) is 18.7 Å². The van der Waals surface area contributed by atoms with Gasteiger partial charge in [-0.1, -0.05) is 0 Å². The molecule has 1 N–H and O–H groups in total. The molecular formula is C23H25FN4O6. The molecule has 0 saturated carbocycles. The molecule has 3 aromatic rings.